The van der Waals surface area contributed by atoms with Crippen LogP contribution in [0.1, 0.15) is 20.8 Å². The Morgan fingerprint density at radius 3 is 2.53 bits per heavy atom. The molecule has 1 fully saturated rings. The summed E-state index contributed by atoms with van der Waals surface area (Å²) in [6.45, 7) is 7.60. The van der Waals surface area contributed by atoms with Crippen molar-refractivity contribution in [3.63, 3.8) is 0 Å². The topological polar surface area (TPSA) is 52.7 Å². The Morgan fingerprint density at radius 1 is 1.47 bits per heavy atom. The van der Waals surface area contributed by atoms with Crippen LogP contribution in [0.5, 0.6) is 0 Å². The van der Waals surface area contributed by atoms with Crippen molar-refractivity contribution in [1.82, 2.24) is 13.9 Å². The van der Waals surface area contributed by atoms with Crippen molar-refractivity contribution in [2.75, 3.05) is 26.7 Å². The Hall–Kier alpha value is -0.170. The third-order valence-electron chi connectivity index (χ3n) is 2.75. The second-order valence-corrected chi connectivity index (χ2v) is 6.32. The Labute approximate surface area is 92.6 Å². The van der Waals surface area contributed by atoms with Gasteiger partial charge < -0.3 is 5.32 Å². The Bertz CT molecular complexity index is 302. The van der Waals surface area contributed by atoms with Gasteiger partial charge >= 0.3 is 0 Å². The Balaban J connectivity index is 2.77. The fourth-order valence-electron chi connectivity index (χ4n) is 1.56. The zero-order valence-corrected chi connectivity index (χ0v) is 10.7. The summed E-state index contributed by atoms with van der Waals surface area (Å²) in [5.74, 6) is 0. The predicted molar refractivity (Wildman–Crippen MR) is 60.9 cm³/mol. The summed E-state index contributed by atoms with van der Waals surface area (Å²) in [6, 6.07) is 0.231. The van der Waals surface area contributed by atoms with Gasteiger partial charge in [0.15, 0.2) is 0 Å². The number of nitrogens with zero attached hydrogens (tertiary/aromatic N) is 2. The first kappa shape index (κ1) is 12.9. The molecule has 1 aliphatic rings. The van der Waals surface area contributed by atoms with E-state index in [2.05, 4.69) is 5.32 Å². The fourth-order valence-corrected chi connectivity index (χ4v) is 3.19. The van der Waals surface area contributed by atoms with Gasteiger partial charge in [-0.25, -0.2) is 0 Å². The lowest BCUT2D eigenvalue weighted by molar-refractivity contribution is 0.279. The molecule has 5 nitrogen and oxygen atoms in total. The first-order valence-corrected chi connectivity index (χ1v) is 6.72. The van der Waals surface area contributed by atoms with Gasteiger partial charge in [-0.1, -0.05) is 0 Å². The van der Waals surface area contributed by atoms with Crippen LogP contribution in [0.25, 0.3) is 0 Å². The summed E-state index contributed by atoms with van der Waals surface area (Å²) in [7, 11) is -1.64. The van der Waals surface area contributed by atoms with Crippen LogP contribution in [-0.2, 0) is 10.2 Å². The summed E-state index contributed by atoms with van der Waals surface area (Å²) in [4.78, 5) is 0. The molecule has 90 valence electrons. The van der Waals surface area contributed by atoms with Gasteiger partial charge in [-0.2, -0.15) is 17.0 Å². The molecule has 1 atom stereocenters. The highest BCUT2D eigenvalue weighted by atomic mass is 32.2. The fraction of sp³-hybridized carbons (Fsp3) is 1.00. The van der Waals surface area contributed by atoms with Crippen LogP contribution in [-0.4, -0.2) is 55.8 Å². The molecule has 0 amide bonds. The van der Waals surface area contributed by atoms with E-state index < -0.39 is 10.2 Å². The molecule has 1 aliphatic heterocycles. The van der Waals surface area contributed by atoms with Gasteiger partial charge in [0.05, 0.1) is 0 Å². The molecule has 0 unspecified atom stereocenters. The van der Waals surface area contributed by atoms with Crippen molar-refractivity contribution >= 4 is 10.2 Å². The Kier molecular flexibility index (Phi) is 4.11. The van der Waals surface area contributed by atoms with E-state index in [-0.39, 0.29) is 12.1 Å². The van der Waals surface area contributed by atoms with Crippen LogP contribution in [0, 0.1) is 0 Å². The highest BCUT2D eigenvalue weighted by Crippen LogP contribution is 2.12. The van der Waals surface area contributed by atoms with Crippen molar-refractivity contribution in [2.24, 2.45) is 0 Å². The average Bonchev–Trinajstić information content (AvgIpc) is 2.16. The number of piperazine rings is 1. The molecule has 15 heavy (non-hydrogen) atoms. The van der Waals surface area contributed by atoms with Crippen molar-refractivity contribution < 1.29 is 8.42 Å². The minimum atomic E-state index is -3.27. The molecular formula is C9H21N3O2S. The van der Waals surface area contributed by atoms with Gasteiger partial charge in [-0.3, -0.25) is 0 Å². The van der Waals surface area contributed by atoms with Crippen LogP contribution in [0.4, 0.5) is 0 Å². The zero-order valence-electron chi connectivity index (χ0n) is 9.90. The molecule has 0 aromatic rings. The van der Waals surface area contributed by atoms with Crippen molar-refractivity contribution in [3.05, 3.63) is 0 Å². The highest BCUT2D eigenvalue weighted by molar-refractivity contribution is 7.86. The van der Waals surface area contributed by atoms with Gasteiger partial charge in [0.2, 0.25) is 0 Å². The van der Waals surface area contributed by atoms with Crippen molar-refractivity contribution in [1.29, 1.82) is 0 Å². The minimum Gasteiger partial charge on any atom is -0.312 e. The largest absolute Gasteiger partial charge is 0.312 e. The molecule has 1 N–H and O–H groups in total. The third-order valence-corrected chi connectivity index (χ3v) is 4.88. The number of rotatable bonds is 3. The van der Waals surface area contributed by atoms with Gasteiger partial charge in [0.1, 0.15) is 0 Å². The zero-order chi connectivity index (χ0) is 11.6. The molecule has 6 heteroatoms. The lowest BCUT2D eigenvalue weighted by Gasteiger charge is -2.34. The lowest BCUT2D eigenvalue weighted by Crippen LogP contribution is -2.55. The molecule has 0 aromatic carbocycles. The maximum atomic E-state index is 12.1. The molecule has 0 radical (unpaired) electrons. The predicted octanol–water partition coefficient (Wildman–Crippen LogP) is -0.135. The normalized spacial score (nSPS) is 25.1. The third kappa shape index (κ3) is 2.90. The molecule has 0 aliphatic carbocycles. The summed E-state index contributed by atoms with van der Waals surface area (Å²) < 4.78 is 27.2. The number of nitrogens with one attached hydrogen (secondary N) is 1. The second-order valence-electron chi connectivity index (χ2n) is 4.33. The SMILES string of the molecule is CC(C)N(C)S(=O)(=O)N1CCN[C@@H](C)C1. The van der Waals surface area contributed by atoms with E-state index in [1.54, 1.807) is 11.4 Å². The van der Waals surface area contributed by atoms with Gasteiger partial charge in [-0.15, -0.1) is 0 Å². The highest BCUT2D eigenvalue weighted by Gasteiger charge is 2.31. The molecular weight excluding hydrogens is 214 g/mol. The maximum Gasteiger partial charge on any atom is 0.282 e. The molecule has 1 rings (SSSR count). The van der Waals surface area contributed by atoms with Crippen LogP contribution < -0.4 is 5.32 Å². The molecule has 0 spiro atoms. The lowest BCUT2D eigenvalue weighted by atomic mass is 10.3. The van der Waals surface area contributed by atoms with E-state index in [0.29, 0.717) is 13.1 Å². The van der Waals surface area contributed by atoms with Crippen LogP contribution >= 0.6 is 0 Å². The smallest absolute Gasteiger partial charge is 0.282 e. The van der Waals surface area contributed by atoms with Gasteiger partial charge in [0.25, 0.3) is 10.2 Å². The molecule has 0 aromatic heterocycles. The number of hydrogen-bond acceptors (Lipinski definition) is 3. The molecule has 1 saturated heterocycles. The average molecular weight is 235 g/mol. The number of hydrogen-bond donors (Lipinski definition) is 1. The van der Waals surface area contributed by atoms with Crippen molar-refractivity contribution in [2.45, 2.75) is 32.9 Å². The summed E-state index contributed by atoms with van der Waals surface area (Å²) in [5, 5.41) is 3.23. The first-order valence-electron chi connectivity index (χ1n) is 5.32. The van der Waals surface area contributed by atoms with E-state index in [4.69, 9.17) is 0 Å². The standard InChI is InChI=1S/C9H21N3O2S/c1-8(2)11(4)15(13,14)12-6-5-10-9(3)7-12/h8-10H,5-7H2,1-4H3/t9-/m0/s1. The minimum absolute atomic E-state index is 0.000178. The second kappa shape index (κ2) is 4.78. The monoisotopic (exact) mass is 235 g/mol. The van der Waals surface area contributed by atoms with E-state index in [1.807, 2.05) is 20.8 Å². The van der Waals surface area contributed by atoms with E-state index >= 15 is 0 Å². The molecule has 0 saturated carbocycles. The molecule has 0 bridgehead atoms. The summed E-state index contributed by atoms with van der Waals surface area (Å²) >= 11 is 0. The van der Waals surface area contributed by atoms with E-state index in [0.717, 1.165) is 6.54 Å². The summed E-state index contributed by atoms with van der Waals surface area (Å²) in [6.07, 6.45) is 0. The van der Waals surface area contributed by atoms with Crippen LogP contribution in [0.15, 0.2) is 0 Å². The van der Waals surface area contributed by atoms with E-state index in [9.17, 15) is 8.42 Å². The van der Waals surface area contributed by atoms with E-state index in [1.165, 1.54) is 4.31 Å². The quantitative estimate of drug-likeness (QED) is 0.741. The van der Waals surface area contributed by atoms with Crippen LogP contribution in [0.2, 0.25) is 0 Å². The molecule has 1 heterocycles. The van der Waals surface area contributed by atoms with Gasteiger partial charge in [-0.05, 0) is 20.8 Å². The Morgan fingerprint density at radius 2 is 2.07 bits per heavy atom. The van der Waals surface area contributed by atoms with Crippen LogP contribution in [0.3, 0.4) is 0 Å². The van der Waals surface area contributed by atoms with Crippen molar-refractivity contribution in [3.8, 4) is 0 Å². The van der Waals surface area contributed by atoms with Gasteiger partial charge in [0, 0.05) is 38.8 Å². The maximum absolute atomic E-state index is 12.1. The summed E-state index contributed by atoms with van der Waals surface area (Å²) in [5.41, 5.74) is 0. The first-order chi connectivity index (χ1) is 6.85.